The van der Waals surface area contributed by atoms with Gasteiger partial charge in [0.15, 0.2) is 0 Å². The summed E-state index contributed by atoms with van der Waals surface area (Å²) >= 11 is 6.46. The smallest absolute Gasteiger partial charge is 0.216 e. The summed E-state index contributed by atoms with van der Waals surface area (Å²) in [5.74, 6) is -0.134. The Morgan fingerprint density at radius 2 is 2.05 bits per heavy atom. The zero-order valence-electron chi connectivity index (χ0n) is 10.6. The van der Waals surface area contributed by atoms with Crippen molar-refractivity contribution >= 4 is 38.6 Å². The predicted octanol–water partition coefficient (Wildman–Crippen LogP) is 2.00. The Bertz CT molecular complexity index is 694. The van der Waals surface area contributed by atoms with Crippen LogP contribution in [0, 0.1) is 0 Å². The quantitative estimate of drug-likeness (QED) is 0.797. The highest BCUT2D eigenvalue weighted by atomic mass is 32.2. The van der Waals surface area contributed by atoms with Crippen molar-refractivity contribution < 1.29 is 8.42 Å². The van der Waals surface area contributed by atoms with Gasteiger partial charge in [-0.2, -0.15) is 11.3 Å². The lowest BCUT2D eigenvalue weighted by atomic mass is 10.1. The normalized spacial score (nSPS) is 11.4. The Balaban J connectivity index is 2.10. The van der Waals surface area contributed by atoms with Crippen molar-refractivity contribution in [3.63, 3.8) is 0 Å². The van der Waals surface area contributed by atoms with E-state index in [1.165, 1.54) is 11.3 Å². The summed E-state index contributed by atoms with van der Waals surface area (Å²) in [7, 11) is -3.43. The lowest BCUT2D eigenvalue weighted by Crippen LogP contribution is -2.25. The Morgan fingerprint density at radius 3 is 2.70 bits per heavy atom. The first kappa shape index (κ1) is 15.1. The minimum absolute atomic E-state index is 0.134. The van der Waals surface area contributed by atoms with Gasteiger partial charge in [0, 0.05) is 12.1 Å². The molecule has 1 aromatic carbocycles. The van der Waals surface area contributed by atoms with Crippen molar-refractivity contribution in [3.8, 4) is 0 Å². The monoisotopic (exact) mass is 326 g/mol. The van der Waals surface area contributed by atoms with E-state index in [9.17, 15) is 8.42 Å². The summed E-state index contributed by atoms with van der Waals surface area (Å²) in [6, 6.07) is 8.88. The molecule has 0 spiro atoms. The number of nitrogens with one attached hydrogen (secondary N) is 1. The number of sulfonamides is 1. The number of hydrogen-bond acceptors (Lipinski definition) is 4. The molecule has 3 N–H and O–H groups in total. The molecule has 2 rings (SSSR count). The van der Waals surface area contributed by atoms with E-state index in [2.05, 4.69) is 4.72 Å². The molecule has 106 valence electrons. The fourth-order valence-corrected chi connectivity index (χ4v) is 3.75. The lowest BCUT2D eigenvalue weighted by molar-refractivity contribution is 0.580. The molecule has 7 heteroatoms. The second-order valence-corrected chi connectivity index (χ2v) is 7.26. The molecule has 0 saturated carbocycles. The molecule has 20 heavy (non-hydrogen) atoms. The van der Waals surface area contributed by atoms with E-state index in [-0.39, 0.29) is 10.7 Å². The summed E-state index contributed by atoms with van der Waals surface area (Å²) in [6.07, 6.45) is 0. The van der Waals surface area contributed by atoms with Crippen LogP contribution in [0.5, 0.6) is 0 Å². The van der Waals surface area contributed by atoms with Gasteiger partial charge in [-0.3, -0.25) is 0 Å². The van der Waals surface area contributed by atoms with Gasteiger partial charge in [0.25, 0.3) is 0 Å². The van der Waals surface area contributed by atoms with Crippen LogP contribution in [0.1, 0.15) is 16.7 Å². The third kappa shape index (κ3) is 4.11. The van der Waals surface area contributed by atoms with Crippen LogP contribution in [-0.2, 0) is 22.3 Å². The predicted molar refractivity (Wildman–Crippen MR) is 86.1 cm³/mol. The van der Waals surface area contributed by atoms with Crippen molar-refractivity contribution in [2.75, 3.05) is 0 Å². The third-order valence-electron chi connectivity index (χ3n) is 2.70. The van der Waals surface area contributed by atoms with Crippen LogP contribution in [0.25, 0.3) is 0 Å². The van der Waals surface area contributed by atoms with E-state index in [1.807, 2.05) is 16.8 Å². The highest BCUT2D eigenvalue weighted by Crippen LogP contribution is 2.13. The molecule has 0 amide bonds. The zero-order valence-corrected chi connectivity index (χ0v) is 13.0. The van der Waals surface area contributed by atoms with E-state index in [4.69, 9.17) is 18.0 Å². The molecule has 0 unspecified atom stereocenters. The van der Waals surface area contributed by atoms with Crippen molar-refractivity contribution in [1.29, 1.82) is 0 Å². The molecule has 0 radical (unpaired) electrons. The molecule has 0 saturated heterocycles. The summed E-state index contributed by atoms with van der Waals surface area (Å²) in [5.41, 5.74) is 7.76. The largest absolute Gasteiger partial charge is 0.389 e. The van der Waals surface area contributed by atoms with Gasteiger partial charge in [-0.1, -0.05) is 36.5 Å². The van der Waals surface area contributed by atoms with Crippen LogP contribution >= 0.6 is 23.6 Å². The fraction of sp³-hybridized carbons (Fsp3) is 0.154. The average molecular weight is 326 g/mol. The highest BCUT2D eigenvalue weighted by molar-refractivity contribution is 7.88. The third-order valence-corrected chi connectivity index (χ3v) is 4.93. The Kier molecular flexibility index (Phi) is 4.87. The van der Waals surface area contributed by atoms with E-state index < -0.39 is 10.0 Å². The first-order chi connectivity index (χ1) is 9.48. The zero-order chi connectivity index (χ0) is 14.6. The number of nitrogens with two attached hydrogens (primary N) is 1. The fourth-order valence-electron chi connectivity index (χ4n) is 1.73. The van der Waals surface area contributed by atoms with E-state index in [0.717, 1.165) is 5.56 Å². The van der Waals surface area contributed by atoms with Crippen LogP contribution in [-0.4, -0.2) is 13.4 Å². The maximum absolute atomic E-state index is 12.1. The number of thiocarbonyl (C=S) groups is 1. The molecule has 0 aliphatic heterocycles. The molecule has 1 heterocycles. The molecule has 0 bridgehead atoms. The molecule has 2 aromatic rings. The van der Waals surface area contributed by atoms with Crippen molar-refractivity contribution in [2.24, 2.45) is 5.73 Å². The second-order valence-electron chi connectivity index (χ2n) is 4.23. The van der Waals surface area contributed by atoms with Crippen molar-refractivity contribution in [2.45, 2.75) is 12.3 Å². The number of benzene rings is 1. The van der Waals surface area contributed by atoms with Gasteiger partial charge >= 0.3 is 0 Å². The van der Waals surface area contributed by atoms with Gasteiger partial charge in [-0.05, 0) is 28.0 Å². The molecule has 0 fully saturated rings. The summed E-state index contributed by atoms with van der Waals surface area (Å²) in [6.45, 7) is 0.293. The molecular formula is C13H14N2O2S3. The van der Waals surface area contributed by atoms with Gasteiger partial charge in [-0.25, -0.2) is 13.1 Å². The van der Waals surface area contributed by atoms with Gasteiger partial charge in [0.2, 0.25) is 10.0 Å². The second kappa shape index (κ2) is 6.45. The van der Waals surface area contributed by atoms with Crippen LogP contribution in [0.3, 0.4) is 0 Å². The van der Waals surface area contributed by atoms with E-state index in [0.29, 0.717) is 17.7 Å². The van der Waals surface area contributed by atoms with Gasteiger partial charge in [0.1, 0.15) is 4.99 Å². The highest BCUT2D eigenvalue weighted by Gasteiger charge is 2.15. The number of rotatable bonds is 6. The molecule has 0 atom stereocenters. The molecular weight excluding hydrogens is 312 g/mol. The van der Waals surface area contributed by atoms with Crippen LogP contribution in [0.15, 0.2) is 41.1 Å². The minimum atomic E-state index is -3.43. The maximum Gasteiger partial charge on any atom is 0.216 e. The first-order valence-electron chi connectivity index (χ1n) is 5.84. The van der Waals surface area contributed by atoms with Crippen molar-refractivity contribution in [3.05, 3.63) is 57.8 Å². The minimum Gasteiger partial charge on any atom is -0.389 e. The molecule has 0 aliphatic rings. The Labute approximate surface area is 127 Å². The van der Waals surface area contributed by atoms with Gasteiger partial charge in [0.05, 0.1) is 5.75 Å². The topological polar surface area (TPSA) is 72.2 Å². The Hall–Kier alpha value is -1.28. The lowest BCUT2D eigenvalue weighted by Gasteiger charge is -2.09. The number of hydrogen-bond donors (Lipinski definition) is 2. The van der Waals surface area contributed by atoms with E-state index in [1.54, 1.807) is 24.3 Å². The van der Waals surface area contributed by atoms with Gasteiger partial charge in [-0.15, -0.1) is 0 Å². The Morgan fingerprint density at radius 1 is 1.30 bits per heavy atom. The average Bonchev–Trinajstić information content (AvgIpc) is 2.89. The summed E-state index contributed by atoms with van der Waals surface area (Å²) in [4.78, 5) is 0.202. The first-order valence-corrected chi connectivity index (χ1v) is 8.84. The van der Waals surface area contributed by atoms with Crippen molar-refractivity contribution in [1.82, 2.24) is 4.72 Å². The van der Waals surface area contributed by atoms with E-state index >= 15 is 0 Å². The number of thiophene rings is 1. The van der Waals surface area contributed by atoms with Crippen LogP contribution in [0.4, 0.5) is 0 Å². The molecule has 4 nitrogen and oxygen atoms in total. The summed E-state index contributed by atoms with van der Waals surface area (Å²) < 4.78 is 26.7. The van der Waals surface area contributed by atoms with Crippen LogP contribution < -0.4 is 10.5 Å². The standard InChI is InChI=1S/C13H14N2O2S3/c14-13(18)12-4-2-1-3-11(12)9-20(16,17)15-7-10-5-6-19-8-10/h1-6,8,15H,7,9H2,(H2,14,18). The maximum atomic E-state index is 12.1. The summed E-state index contributed by atoms with van der Waals surface area (Å²) in [5, 5.41) is 3.82. The SMILES string of the molecule is NC(=S)c1ccccc1CS(=O)(=O)NCc1ccsc1. The van der Waals surface area contributed by atoms with Crippen LogP contribution in [0.2, 0.25) is 0 Å². The van der Waals surface area contributed by atoms with Gasteiger partial charge < -0.3 is 5.73 Å². The molecule has 0 aliphatic carbocycles. The molecule has 1 aromatic heterocycles.